The first-order chi connectivity index (χ1) is 7.18. The molecule has 0 atom stereocenters. The summed E-state index contributed by atoms with van der Waals surface area (Å²) in [6.45, 7) is 4.10. The number of aryl methyl sites for hydroxylation is 3. The molecule has 0 aliphatic carbocycles. The second-order valence-electron chi connectivity index (χ2n) is 3.68. The highest BCUT2D eigenvalue weighted by Gasteiger charge is 2.06. The molecular weight excluding hydrogens is 186 g/mol. The van der Waals surface area contributed by atoms with Crippen LogP contribution in [0, 0.1) is 20.0 Å². The van der Waals surface area contributed by atoms with E-state index in [1.54, 1.807) is 0 Å². The van der Waals surface area contributed by atoms with E-state index in [0.717, 1.165) is 22.8 Å². The summed E-state index contributed by atoms with van der Waals surface area (Å²) in [7, 11) is 1.92. The Hall–Kier alpha value is -1.70. The first-order valence-corrected chi connectivity index (χ1v) is 4.96. The van der Waals surface area contributed by atoms with Gasteiger partial charge in [0.25, 0.3) is 0 Å². The topological polar surface area (TPSA) is 14.2 Å². The number of benzene rings is 1. The summed E-state index contributed by atoms with van der Waals surface area (Å²) in [6.07, 6.45) is 3.02. The second kappa shape index (κ2) is 3.81. The molecule has 0 N–H and O–H groups in total. The van der Waals surface area contributed by atoms with E-state index in [1.165, 1.54) is 0 Å². The van der Waals surface area contributed by atoms with Crippen molar-refractivity contribution < 1.29 is 4.74 Å². The minimum Gasteiger partial charge on any atom is -0.440 e. The smallest absolute Gasteiger partial charge is 0.200 e. The van der Waals surface area contributed by atoms with E-state index >= 15 is 0 Å². The van der Waals surface area contributed by atoms with Gasteiger partial charge in [-0.25, -0.2) is 0 Å². The molecule has 0 unspecified atom stereocenters. The number of rotatable bonds is 2. The monoisotopic (exact) mass is 200 g/mol. The molecule has 0 saturated heterocycles. The lowest BCUT2D eigenvalue weighted by molar-refractivity contribution is 0.436. The Kier molecular flexibility index (Phi) is 2.50. The third-order valence-corrected chi connectivity index (χ3v) is 2.44. The van der Waals surface area contributed by atoms with E-state index < -0.39 is 0 Å². The van der Waals surface area contributed by atoms with Gasteiger partial charge in [0.05, 0.1) is 6.20 Å². The molecule has 0 amide bonds. The molecule has 15 heavy (non-hydrogen) atoms. The van der Waals surface area contributed by atoms with Crippen molar-refractivity contribution in [3.8, 4) is 11.6 Å². The van der Waals surface area contributed by atoms with Crippen LogP contribution in [0.3, 0.4) is 0 Å². The highest BCUT2D eigenvalue weighted by atomic mass is 16.5. The molecule has 2 heteroatoms. The lowest BCUT2D eigenvalue weighted by Crippen LogP contribution is -1.95. The molecule has 2 nitrogen and oxygen atoms in total. The van der Waals surface area contributed by atoms with Gasteiger partial charge in [-0.1, -0.05) is 18.2 Å². The molecule has 0 aliphatic rings. The lowest BCUT2D eigenvalue weighted by atomic mass is 10.1. The van der Waals surface area contributed by atoms with Gasteiger partial charge in [-0.3, -0.25) is 0 Å². The van der Waals surface area contributed by atoms with Crippen LogP contribution in [0.4, 0.5) is 0 Å². The van der Waals surface area contributed by atoms with Crippen LogP contribution >= 0.6 is 0 Å². The maximum Gasteiger partial charge on any atom is 0.200 e. The van der Waals surface area contributed by atoms with E-state index in [4.69, 9.17) is 4.74 Å². The van der Waals surface area contributed by atoms with Crippen molar-refractivity contribution in [1.29, 1.82) is 0 Å². The summed E-state index contributed by atoms with van der Waals surface area (Å²) >= 11 is 0. The number of hydrogen-bond acceptors (Lipinski definition) is 1. The fraction of sp³-hybridized carbons (Fsp3) is 0.231. The first-order valence-electron chi connectivity index (χ1n) is 4.96. The molecule has 0 spiro atoms. The van der Waals surface area contributed by atoms with Crippen LogP contribution in [0.5, 0.6) is 11.6 Å². The molecule has 0 fully saturated rings. The first kappa shape index (κ1) is 9.84. The molecular formula is C13H14NO. The highest BCUT2D eigenvalue weighted by molar-refractivity contribution is 5.42. The molecule has 2 aromatic rings. The molecule has 0 bridgehead atoms. The fourth-order valence-corrected chi connectivity index (χ4v) is 1.56. The van der Waals surface area contributed by atoms with Crippen LogP contribution in [0.15, 0.2) is 30.3 Å². The van der Waals surface area contributed by atoms with Gasteiger partial charge < -0.3 is 9.30 Å². The summed E-state index contributed by atoms with van der Waals surface area (Å²) in [5.74, 6) is 1.75. The number of para-hydroxylation sites is 1. The van der Waals surface area contributed by atoms with Crippen LogP contribution < -0.4 is 4.74 Å². The molecule has 1 aromatic heterocycles. The SMILES string of the molecule is Cc1cccc(C)c1Oc1cc[c]n1C. The summed E-state index contributed by atoms with van der Waals surface area (Å²) in [4.78, 5) is 0. The van der Waals surface area contributed by atoms with Crippen LogP contribution in [0.1, 0.15) is 11.1 Å². The molecule has 0 saturated carbocycles. The van der Waals surface area contributed by atoms with Crippen molar-refractivity contribution in [3.05, 3.63) is 47.7 Å². The zero-order valence-electron chi connectivity index (χ0n) is 9.24. The summed E-state index contributed by atoms with van der Waals surface area (Å²) < 4.78 is 7.68. The Labute approximate surface area is 90.1 Å². The third-order valence-electron chi connectivity index (χ3n) is 2.44. The van der Waals surface area contributed by atoms with Crippen molar-refractivity contribution in [1.82, 2.24) is 4.57 Å². The van der Waals surface area contributed by atoms with Crippen molar-refractivity contribution in [2.24, 2.45) is 7.05 Å². The Morgan fingerprint density at radius 2 is 1.80 bits per heavy atom. The van der Waals surface area contributed by atoms with Crippen molar-refractivity contribution >= 4 is 0 Å². The van der Waals surface area contributed by atoms with E-state index in [1.807, 2.05) is 29.8 Å². The highest BCUT2D eigenvalue weighted by Crippen LogP contribution is 2.27. The van der Waals surface area contributed by atoms with E-state index in [0.29, 0.717) is 0 Å². The van der Waals surface area contributed by atoms with Gasteiger partial charge in [-0.05, 0) is 31.0 Å². The minimum atomic E-state index is 0.812. The van der Waals surface area contributed by atoms with Crippen molar-refractivity contribution in [3.63, 3.8) is 0 Å². The average Bonchev–Trinajstić information content (AvgIpc) is 2.58. The van der Waals surface area contributed by atoms with Gasteiger partial charge >= 0.3 is 0 Å². The molecule has 77 valence electrons. The third kappa shape index (κ3) is 1.89. The van der Waals surface area contributed by atoms with Crippen LogP contribution in [0.2, 0.25) is 0 Å². The number of nitrogens with zero attached hydrogens (tertiary/aromatic N) is 1. The van der Waals surface area contributed by atoms with Gasteiger partial charge in [0.15, 0.2) is 5.88 Å². The predicted molar refractivity (Wildman–Crippen MR) is 60.2 cm³/mol. The largest absolute Gasteiger partial charge is 0.440 e. The van der Waals surface area contributed by atoms with Gasteiger partial charge in [0, 0.05) is 13.1 Å². The molecule has 1 heterocycles. The second-order valence-corrected chi connectivity index (χ2v) is 3.68. The van der Waals surface area contributed by atoms with Crippen LogP contribution in [-0.2, 0) is 7.05 Å². The zero-order valence-corrected chi connectivity index (χ0v) is 9.24. The van der Waals surface area contributed by atoms with Gasteiger partial charge in [0.1, 0.15) is 5.75 Å². The summed E-state index contributed by atoms with van der Waals surface area (Å²) in [5, 5.41) is 0. The van der Waals surface area contributed by atoms with E-state index in [-0.39, 0.29) is 0 Å². The normalized spacial score (nSPS) is 10.3. The standard InChI is InChI=1S/C13H14NO/c1-10-6-4-7-11(2)13(10)15-12-8-5-9-14(12)3/h4-8H,1-3H3. The predicted octanol–water partition coefficient (Wildman–Crippen LogP) is 3.23. The minimum absolute atomic E-state index is 0.812. The van der Waals surface area contributed by atoms with Crippen LogP contribution in [-0.4, -0.2) is 4.57 Å². The maximum atomic E-state index is 5.84. The van der Waals surface area contributed by atoms with Crippen molar-refractivity contribution in [2.75, 3.05) is 0 Å². The fourth-order valence-electron chi connectivity index (χ4n) is 1.56. The Morgan fingerprint density at radius 1 is 1.13 bits per heavy atom. The van der Waals surface area contributed by atoms with Gasteiger partial charge in [-0.2, -0.15) is 0 Å². The van der Waals surface area contributed by atoms with E-state index in [2.05, 4.69) is 32.2 Å². The van der Waals surface area contributed by atoms with Crippen LogP contribution in [0.25, 0.3) is 0 Å². The quantitative estimate of drug-likeness (QED) is 0.726. The Bertz CT molecular complexity index is 451. The van der Waals surface area contributed by atoms with E-state index in [9.17, 15) is 0 Å². The molecule has 2 rings (SSSR count). The van der Waals surface area contributed by atoms with Gasteiger partial charge in [0.2, 0.25) is 0 Å². The Morgan fingerprint density at radius 3 is 2.33 bits per heavy atom. The zero-order chi connectivity index (χ0) is 10.8. The van der Waals surface area contributed by atoms with Gasteiger partial charge in [-0.15, -0.1) is 0 Å². The maximum absolute atomic E-state index is 5.84. The van der Waals surface area contributed by atoms with Crippen molar-refractivity contribution in [2.45, 2.75) is 13.8 Å². The number of ether oxygens (including phenoxy) is 1. The number of aromatic nitrogens is 1. The molecule has 1 aromatic carbocycles. The summed E-state index contributed by atoms with van der Waals surface area (Å²) in [5.41, 5.74) is 2.30. The summed E-state index contributed by atoms with van der Waals surface area (Å²) in [6, 6.07) is 9.90. The molecule has 1 radical (unpaired) electrons. The average molecular weight is 200 g/mol. The Balaban J connectivity index is 2.36. The lowest BCUT2D eigenvalue weighted by Gasteiger charge is -2.11. The number of hydrogen-bond donors (Lipinski definition) is 0. The molecule has 0 aliphatic heterocycles.